The van der Waals surface area contributed by atoms with Crippen LogP contribution < -0.4 is 4.90 Å². The van der Waals surface area contributed by atoms with Gasteiger partial charge in [-0.25, -0.2) is 0 Å². The molecule has 2 aromatic heterocycles. The fourth-order valence-electron chi connectivity index (χ4n) is 4.64. The molecule has 2 aliphatic heterocycles. The molecular weight excluding hydrogens is 417 g/mol. The van der Waals surface area contributed by atoms with E-state index < -0.39 is 11.7 Å². The van der Waals surface area contributed by atoms with Crippen molar-refractivity contribution in [2.75, 3.05) is 31.6 Å². The molecule has 0 saturated carbocycles. The third-order valence-electron chi connectivity index (χ3n) is 6.41. The molecule has 0 atom stereocenters. The van der Waals surface area contributed by atoms with Gasteiger partial charge in [0.05, 0.1) is 16.8 Å². The zero-order chi connectivity index (χ0) is 22.6. The Bertz CT molecular complexity index is 1220. The Kier molecular flexibility index (Phi) is 4.85. The molecule has 0 unspecified atom stereocenters. The van der Waals surface area contributed by atoms with E-state index in [9.17, 15) is 18.0 Å². The molecule has 3 aromatic rings. The minimum Gasteiger partial charge on any atom is -0.350 e. The smallest absolute Gasteiger partial charge is 0.350 e. The van der Waals surface area contributed by atoms with Crippen LogP contribution in [0, 0.1) is 0 Å². The van der Waals surface area contributed by atoms with Crippen molar-refractivity contribution in [2.24, 2.45) is 7.05 Å². The second-order valence-electron chi connectivity index (χ2n) is 8.65. The van der Waals surface area contributed by atoms with Gasteiger partial charge in [0.15, 0.2) is 0 Å². The predicted octanol–water partition coefficient (Wildman–Crippen LogP) is 4.44. The highest BCUT2D eigenvalue weighted by atomic mass is 19.4. The first kappa shape index (κ1) is 20.8. The van der Waals surface area contributed by atoms with Crippen molar-refractivity contribution in [3.8, 4) is 0 Å². The average Bonchev–Trinajstić information content (AvgIpc) is 3.06. The van der Waals surface area contributed by atoms with Crippen molar-refractivity contribution in [1.29, 1.82) is 0 Å². The Morgan fingerprint density at radius 2 is 1.88 bits per heavy atom. The van der Waals surface area contributed by atoms with Gasteiger partial charge in [-0.05, 0) is 48.9 Å². The fourth-order valence-corrected chi connectivity index (χ4v) is 4.64. The highest BCUT2D eigenvalue weighted by molar-refractivity contribution is 6.08. The van der Waals surface area contributed by atoms with Crippen molar-refractivity contribution in [2.45, 2.75) is 18.5 Å². The summed E-state index contributed by atoms with van der Waals surface area (Å²) in [5.74, 6) is 0.343. The lowest BCUT2D eigenvalue weighted by molar-refractivity contribution is -0.137. The van der Waals surface area contributed by atoms with Gasteiger partial charge in [-0.3, -0.25) is 9.78 Å². The van der Waals surface area contributed by atoms with E-state index in [4.69, 9.17) is 0 Å². The number of aromatic nitrogens is 2. The van der Waals surface area contributed by atoms with E-state index >= 15 is 0 Å². The summed E-state index contributed by atoms with van der Waals surface area (Å²) >= 11 is 0. The molecule has 1 amide bonds. The lowest BCUT2D eigenvalue weighted by Gasteiger charge is -2.36. The molecule has 0 aliphatic carbocycles. The summed E-state index contributed by atoms with van der Waals surface area (Å²) in [7, 11) is 4.13. The summed E-state index contributed by atoms with van der Waals surface area (Å²) in [5.41, 5.74) is 3.49. The largest absolute Gasteiger partial charge is 0.417 e. The third-order valence-corrected chi connectivity index (χ3v) is 6.41. The van der Waals surface area contributed by atoms with Gasteiger partial charge in [-0.2, -0.15) is 13.2 Å². The van der Waals surface area contributed by atoms with E-state index in [1.165, 1.54) is 23.1 Å². The zero-order valence-corrected chi connectivity index (χ0v) is 17.9. The molecule has 5 nitrogen and oxygen atoms in total. The Hall–Kier alpha value is -3.13. The van der Waals surface area contributed by atoms with Crippen LogP contribution in [0.5, 0.6) is 0 Å². The maximum absolute atomic E-state index is 12.9. The maximum atomic E-state index is 12.9. The van der Waals surface area contributed by atoms with E-state index in [2.05, 4.69) is 33.8 Å². The number of carbonyl (C=O) groups excluding carboxylic acids is 1. The number of halogens is 3. The van der Waals surface area contributed by atoms with Crippen LogP contribution >= 0.6 is 0 Å². The topological polar surface area (TPSA) is 41.4 Å². The maximum Gasteiger partial charge on any atom is 0.417 e. The highest BCUT2D eigenvalue weighted by Crippen LogP contribution is 2.35. The van der Waals surface area contributed by atoms with E-state index in [0.29, 0.717) is 30.2 Å². The molecule has 2 aliphatic rings. The quantitative estimate of drug-likeness (QED) is 0.605. The number of fused-ring (bicyclic) bond motifs is 1. The number of rotatable bonds is 3. The van der Waals surface area contributed by atoms with E-state index in [-0.39, 0.29) is 5.91 Å². The lowest BCUT2D eigenvalue weighted by Crippen LogP contribution is -2.41. The average molecular weight is 440 g/mol. The minimum atomic E-state index is -4.43. The minimum absolute atomic E-state index is 0.192. The number of hydrogen-bond acceptors (Lipinski definition) is 3. The van der Waals surface area contributed by atoms with Crippen LogP contribution in [0.15, 0.2) is 48.8 Å². The number of nitrogens with zero attached hydrogens (tertiary/aromatic N) is 4. The number of likely N-dealkylation sites (tertiary alicyclic amines) is 1. The summed E-state index contributed by atoms with van der Waals surface area (Å²) in [4.78, 5) is 20.8. The molecule has 1 aromatic carbocycles. The van der Waals surface area contributed by atoms with E-state index in [1.54, 1.807) is 4.90 Å². The van der Waals surface area contributed by atoms with Crippen LogP contribution in [0.2, 0.25) is 0 Å². The number of likely N-dealkylation sites (N-methyl/N-ethyl adjacent to an activating group) is 1. The Balaban J connectivity index is 1.39. The molecule has 0 N–H and O–H groups in total. The standard InChI is InChI=1S/C24H23F3N4O/c1-29-12-16(13-29)20-14-30(2)22-10-18(4-5-19(20)22)31-8-7-15(9-23(31)32)21-6-3-17(11-28-21)24(25,26)27/h3-6,9-11,14,16H,7-8,12-13H2,1-2H3. The Labute approximate surface area is 183 Å². The van der Waals surface area contributed by atoms with Crippen molar-refractivity contribution < 1.29 is 18.0 Å². The number of carbonyl (C=O) groups is 1. The van der Waals surface area contributed by atoms with Gasteiger partial charge >= 0.3 is 6.18 Å². The van der Waals surface area contributed by atoms with Gasteiger partial charge in [0, 0.05) is 62.1 Å². The van der Waals surface area contributed by atoms with E-state index in [1.807, 2.05) is 19.2 Å². The normalized spacial score (nSPS) is 18.2. The molecule has 1 fully saturated rings. The number of amides is 1. The first-order valence-electron chi connectivity index (χ1n) is 10.5. The first-order valence-corrected chi connectivity index (χ1v) is 10.5. The van der Waals surface area contributed by atoms with Crippen LogP contribution in [0.4, 0.5) is 18.9 Å². The molecule has 5 rings (SSSR count). The van der Waals surface area contributed by atoms with Crippen LogP contribution in [0.3, 0.4) is 0 Å². The fraction of sp³-hybridized carbons (Fsp3) is 0.333. The molecule has 8 heteroatoms. The second kappa shape index (κ2) is 7.48. The SMILES string of the molecule is CN1CC(c2cn(C)c3cc(N4CCC(c5ccc(C(F)(F)F)cn5)=CC4=O)ccc23)C1. The van der Waals surface area contributed by atoms with Crippen LogP contribution in [0.1, 0.15) is 29.2 Å². The van der Waals surface area contributed by atoms with Crippen molar-refractivity contribution in [3.63, 3.8) is 0 Å². The number of aryl methyl sites for hydroxylation is 1. The number of pyridine rings is 1. The van der Waals surface area contributed by atoms with Gasteiger partial charge in [-0.15, -0.1) is 0 Å². The molecule has 0 bridgehead atoms. The van der Waals surface area contributed by atoms with Crippen LogP contribution in [0.25, 0.3) is 16.5 Å². The number of anilines is 1. The van der Waals surface area contributed by atoms with E-state index in [0.717, 1.165) is 36.6 Å². The number of benzene rings is 1. The van der Waals surface area contributed by atoms with Crippen LogP contribution in [-0.4, -0.2) is 47.0 Å². The van der Waals surface area contributed by atoms with Gasteiger partial charge in [-0.1, -0.05) is 6.07 Å². The molecule has 1 saturated heterocycles. The first-order chi connectivity index (χ1) is 15.2. The highest BCUT2D eigenvalue weighted by Gasteiger charge is 2.31. The van der Waals surface area contributed by atoms with Crippen molar-refractivity contribution >= 4 is 28.1 Å². The van der Waals surface area contributed by atoms with Gasteiger partial charge < -0.3 is 14.4 Å². The molecule has 0 spiro atoms. The summed E-state index contributed by atoms with van der Waals surface area (Å²) in [6.07, 6.45) is 0.564. The summed E-state index contributed by atoms with van der Waals surface area (Å²) < 4.78 is 40.4. The Morgan fingerprint density at radius 1 is 1.09 bits per heavy atom. The second-order valence-corrected chi connectivity index (χ2v) is 8.65. The molecule has 166 valence electrons. The molecule has 32 heavy (non-hydrogen) atoms. The molecule has 4 heterocycles. The number of alkyl halides is 3. The van der Waals surface area contributed by atoms with Crippen LogP contribution in [-0.2, 0) is 18.0 Å². The molecule has 0 radical (unpaired) electrons. The van der Waals surface area contributed by atoms with Crippen molar-refractivity contribution in [3.05, 3.63) is 65.6 Å². The summed E-state index contributed by atoms with van der Waals surface area (Å²) in [6.45, 7) is 2.55. The lowest BCUT2D eigenvalue weighted by atomic mass is 9.92. The zero-order valence-electron chi connectivity index (χ0n) is 17.9. The van der Waals surface area contributed by atoms with Crippen molar-refractivity contribution in [1.82, 2.24) is 14.5 Å². The molecular formula is C24H23F3N4O. The number of hydrogen-bond donors (Lipinski definition) is 0. The Morgan fingerprint density at radius 3 is 2.50 bits per heavy atom. The van der Waals surface area contributed by atoms with Gasteiger partial charge in [0.1, 0.15) is 0 Å². The predicted molar refractivity (Wildman–Crippen MR) is 117 cm³/mol. The third kappa shape index (κ3) is 3.58. The van der Waals surface area contributed by atoms with Gasteiger partial charge in [0.25, 0.3) is 5.91 Å². The summed E-state index contributed by atoms with van der Waals surface area (Å²) in [6, 6.07) is 8.42. The monoisotopic (exact) mass is 440 g/mol. The summed E-state index contributed by atoms with van der Waals surface area (Å²) in [5, 5.41) is 1.21. The van der Waals surface area contributed by atoms with Gasteiger partial charge in [0.2, 0.25) is 0 Å².